The molecule has 0 unspecified atom stereocenters. The lowest BCUT2D eigenvalue weighted by Crippen LogP contribution is -2.51. The molecule has 1 saturated heterocycles. The van der Waals surface area contributed by atoms with Crippen LogP contribution >= 0.6 is 11.8 Å². The lowest BCUT2D eigenvalue weighted by atomic mass is 10.2. The molecule has 4 rings (SSSR count). The predicted molar refractivity (Wildman–Crippen MR) is 125 cm³/mol. The topological polar surface area (TPSA) is 65.5 Å². The molecule has 1 N–H and O–H groups in total. The van der Waals surface area contributed by atoms with E-state index in [1.807, 2.05) is 71.6 Å². The minimum absolute atomic E-state index is 0.00226. The summed E-state index contributed by atoms with van der Waals surface area (Å²) < 4.78 is 0. The van der Waals surface area contributed by atoms with Crippen molar-refractivity contribution in [3.8, 4) is 0 Å². The number of amides is 2. The van der Waals surface area contributed by atoms with Crippen molar-refractivity contribution in [2.75, 3.05) is 32.7 Å². The molecule has 0 spiro atoms. The van der Waals surface area contributed by atoms with E-state index >= 15 is 0 Å². The van der Waals surface area contributed by atoms with E-state index in [9.17, 15) is 9.59 Å². The van der Waals surface area contributed by atoms with E-state index in [4.69, 9.17) is 0 Å². The van der Waals surface area contributed by atoms with E-state index in [0.717, 1.165) is 10.5 Å². The van der Waals surface area contributed by atoms with Crippen LogP contribution in [0.15, 0.2) is 88.9 Å². The molecule has 0 atom stereocenters. The molecule has 1 aliphatic rings. The Labute approximate surface area is 192 Å². The number of hydrogen-bond acceptors (Lipinski definition) is 5. The molecule has 164 valence electrons. The van der Waals surface area contributed by atoms with Crippen LogP contribution in [0.25, 0.3) is 0 Å². The first-order chi connectivity index (χ1) is 15.7. The van der Waals surface area contributed by atoms with Crippen molar-refractivity contribution < 1.29 is 9.59 Å². The molecular formula is C25H26N4O2S. The summed E-state index contributed by atoms with van der Waals surface area (Å²) in [5, 5.41) is 3.68. The Hall–Kier alpha value is -3.16. The van der Waals surface area contributed by atoms with Gasteiger partial charge >= 0.3 is 0 Å². The maximum Gasteiger partial charge on any atom is 0.256 e. The standard InChI is InChI=1S/C25H26N4O2S/c30-23(27-18-20-8-3-1-4-9-20)19-28-14-16-29(17-15-28)25(31)22-12-7-13-26-24(22)32-21-10-5-2-6-11-21/h1-13H,14-19H2,(H,27,30). The van der Waals surface area contributed by atoms with E-state index in [2.05, 4.69) is 15.2 Å². The second-order valence-corrected chi connectivity index (χ2v) is 8.66. The molecule has 1 aromatic heterocycles. The van der Waals surface area contributed by atoms with Gasteiger partial charge in [0.1, 0.15) is 5.03 Å². The molecule has 0 saturated carbocycles. The first-order valence-corrected chi connectivity index (χ1v) is 11.5. The fourth-order valence-corrected chi connectivity index (χ4v) is 4.47. The third-order valence-corrected chi connectivity index (χ3v) is 6.35. The van der Waals surface area contributed by atoms with Crippen LogP contribution in [0.1, 0.15) is 15.9 Å². The smallest absolute Gasteiger partial charge is 0.256 e. The zero-order chi connectivity index (χ0) is 22.2. The second-order valence-electron chi connectivity index (χ2n) is 7.60. The van der Waals surface area contributed by atoms with Gasteiger partial charge in [0.25, 0.3) is 5.91 Å². The minimum Gasteiger partial charge on any atom is -0.351 e. The number of nitrogens with zero attached hydrogens (tertiary/aromatic N) is 3. The highest BCUT2D eigenvalue weighted by Crippen LogP contribution is 2.29. The van der Waals surface area contributed by atoms with Crippen LogP contribution in [0.3, 0.4) is 0 Å². The van der Waals surface area contributed by atoms with Gasteiger partial charge in [-0.15, -0.1) is 0 Å². The van der Waals surface area contributed by atoms with Crippen LogP contribution in [0.2, 0.25) is 0 Å². The number of benzene rings is 2. The summed E-state index contributed by atoms with van der Waals surface area (Å²) in [5.41, 5.74) is 1.70. The second kappa shape index (κ2) is 10.9. The van der Waals surface area contributed by atoms with E-state index in [1.54, 1.807) is 12.3 Å². The Morgan fingerprint density at radius 2 is 1.56 bits per heavy atom. The Kier molecular flexibility index (Phi) is 7.53. The molecule has 0 aliphatic carbocycles. The Morgan fingerprint density at radius 1 is 0.875 bits per heavy atom. The van der Waals surface area contributed by atoms with Crippen molar-refractivity contribution in [2.24, 2.45) is 0 Å². The van der Waals surface area contributed by atoms with Crippen LogP contribution in [-0.2, 0) is 11.3 Å². The lowest BCUT2D eigenvalue weighted by Gasteiger charge is -2.34. The molecule has 0 bridgehead atoms. The quantitative estimate of drug-likeness (QED) is 0.603. The van der Waals surface area contributed by atoms with Gasteiger partial charge in [0.15, 0.2) is 0 Å². The maximum atomic E-state index is 13.2. The number of aromatic nitrogens is 1. The third kappa shape index (κ3) is 5.96. The molecule has 2 amide bonds. The fraction of sp³-hybridized carbons (Fsp3) is 0.240. The van der Waals surface area contributed by atoms with Crippen molar-refractivity contribution in [3.05, 3.63) is 90.1 Å². The summed E-state index contributed by atoms with van der Waals surface area (Å²) in [6.45, 7) is 3.40. The third-order valence-electron chi connectivity index (χ3n) is 5.32. The first-order valence-electron chi connectivity index (χ1n) is 10.7. The van der Waals surface area contributed by atoms with Crippen molar-refractivity contribution in [2.45, 2.75) is 16.5 Å². The Balaban J connectivity index is 1.29. The van der Waals surface area contributed by atoms with Crippen LogP contribution in [0.5, 0.6) is 0 Å². The molecular weight excluding hydrogens is 420 g/mol. The van der Waals surface area contributed by atoms with Gasteiger partial charge in [-0.1, -0.05) is 60.3 Å². The first kappa shape index (κ1) is 22.0. The van der Waals surface area contributed by atoms with Crippen LogP contribution in [-0.4, -0.2) is 59.3 Å². The molecule has 32 heavy (non-hydrogen) atoms. The normalized spacial score (nSPS) is 14.2. The SMILES string of the molecule is O=C(CN1CCN(C(=O)c2cccnc2Sc2ccccc2)CC1)NCc1ccccc1. The van der Waals surface area contributed by atoms with Crippen molar-refractivity contribution in [1.29, 1.82) is 0 Å². The Bertz CT molecular complexity index is 1040. The van der Waals surface area contributed by atoms with E-state index in [0.29, 0.717) is 49.9 Å². The molecule has 7 heteroatoms. The monoisotopic (exact) mass is 446 g/mol. The molecule has 1 aliphatic heterocycles. The van der Waals surface area contributed by atoms with Crippen LogP contribution < -0.4 is 5.32 Å². The molecule has 3 aromatic rings. The van der Waals surface area contributed by atoms with Gasteiger partial charge in [-0.05, 0) is 29.8 Å². The van der Waals surface area contributed by atoms with Gasteiger partial charge in [0.05, 0.1) is 12.1 Å². The molecule has 1 fully saturated rings. The molecule has 2 aromatic carbocycles. The van der Waals surface area contributed by atoms with Crippen molar-refractivity contribution in [3.63, 3.8) is 0 Å². The van der Waals surface area contributed by atoms with Crippen molar-refractivity contribution >= 4 is 23.6 Å². The summed E-state index contributed by atoms with van der Waals surface area (Å²) in [5.74, 6) is -0.00727. The van der Waals surface area contributed by atoms with Crippen molar-refractivity contribution in [1.82, 2.24) is 20.1 Å². The van der Waals surface area contributed by atoms with Gasteiger partial charge in [0.2, 0.25) is 5.91 Å². The zero-order valence-corrected chi connectivity index (χ0v) is 18.6. The summed E-state index contributed by atoms with van der Waals surface area (Å²) in [6, 6.07) is 23.4. The van der Waals surface area contributed by atoms with E-state index in [-0.39, 0.29) is 11.8 Å². The predicted octanol–water partition coefficient (Wildman–Crippen LogP) is 3.31. The zero-order valence-electron chi connectivity index (χ0n) is 17.8. The van der Waals surface area contributed by atoms with Gasteiger partial charge in [0, 0.05) is 43.8 Å². The van der Waals surface area contributed by atoms with Gasteiger partial charge in [-0.2, -0.15) is 0 Å². The molecule has 6 nitrogen and oxygen atoms in total. The summed E-state index contributed by atoms with van der Waals surface area (Å²) >= 11 is 1.50. The largest absolute Gasteiger partial charge is 0.351 e. The number of nitrogens with one attached hydrogen (secondary N) is 1. The number of hydrogen-bond donors (Lipinski definition) is 1. The average Bonchev–Trinajstić information content (AvgIpc) is 2.84. The van der Waals surface area contributed by atoms with Gasteiger partial charge in [-0.25, -0.2) is 4.98 Å². The highest BCUT2D eigenvalue weighted by atomic mass is 32.2. The lowest BCUT2D eigenvalue weighted by molar-refractivity contribution is -0.122. The summed E-state index contributed by atoms with van der Waals surface area (Å²) in [6.07, 6.45) is 1.72. The average molecular weight is 447 g/mol. The number of pyridine rings is 1. The van der Waals surface area contributed by atoms with E-state index < -0.39 is 0 Å². The molecule has 0 radical (unpaired) electrons. The van der Waals surface area contributed by atoms with Crippen LogP contribution in [0.4, 0.5) is 0 Å². The molecule has 2 heterocycles. The van der Waals surface area contributed by atoms with Gasteiger partial charge < -0.3 is 10.2 Å². The maximum absolute atomic E-state index is 13.2. The highest BCUT2D eigenvalue weighted by molar-refractivity contribution is 7.99. The minimum atomic E-state index is -0.00953. The number of carbonyl (C=O) groups excluding carboxylic acids is 2. The number of rotatable bonds is 7. The fourth-order valence-electron chi connectivity index (χ4n) is 3.57. The highest BCUT2D eigenvalue weighted by Gasteiger charge is 2.25. The van der Waals surface area contributed by atoms with E-state index in [1.165, 1.54) is 11.8 Å². The number of piperazine rings is 1. The Morgan fingerprint density at radius 3 is 2.28 bits per heavy atom. The number of carbonyl (C=O) groups is 2. The van der Waals surface area contributed by atoms with Crippen LogP contribution in [0, 0.1) is 0 Å². The summed E-state index contributed by atoms with van der Waals surface area (Å²) in [7, 11) is 0. The summed E-state index contributed by atoms with van der Waals surface area (Å²) in [4.78, 5) is 34.9. The van der Waals surface area contributed by atoms with Gasteiger partial charge in [-0.3, -0.25) is 14.5 Å².